The zero-order chi connectivity index (χ0) is 12.1. The van der Waals surface area contributed by atoms with E-state index in [1.165, 1.54) is 25.0 Å². The summed E-state index contributed by atoms with van der Waals surface area (Å²) in [4.78, 5) is 11.6. The second kappa shape index (κ2) is 5.92. The van der Waals surface area contributed by atoms with Crippen LogP contribution in [0.3, 0.4) is 0 Å². The van der Waals surface area contributed by atoms with Gasteiger partial charge in [-0.2, -0.15) is 0 Å². The third kappa shape index (κ3) is 3.93. The Labute approximate surface area is 101 Å². The SMILES string of the molecule is O=C(COC1CCCC1)Cc1ccc(F)cc1. The molecule has 1 aliphatic carbocycles. The number of carbonyl (C=O) groups excluding carboxylic acids is 1. The molecule has 1 aromatic carbocycles. The summed E-state index contributed by atoms with van der Waals surface area (Å²) >= 11 is 0. The molecule has 0 saturated heterocycles. The molecule has 0 amide bonds. The first-order valence-electron chi connectivity index (χ1n) is 6.12. The molecule has 0 N–H and O–H groups in total. The molecule has 0 heterocycles. The van der Waals surface area contributed by atoms with Gasteiger partial charge in [-0.25, -0.2) is 4.39 Å². The smallest absolute Gasteiger partial charge is 0.162 e. The van der Waals surface area contributed by atoms with Crippen LogP contribution in [-0.2, 0) is 16.0 Å². The van der Waals surface area contributed by atoms with Crippen molar-refractivity contribution >= 4 is 5.78 Å². The first kappa shape index (κ1) is 12.2. The second-order valence-electron chi connectivity index (χ2n) is 4.56. The van der Waals surface area contributed by atoms with Gasteiger partial charge in [0.15, 0.2) is 5.78 Å². The van der Waals surface area contributed by atoms with Gasteiger partial charge in [0, 0.05) is 6.42 Å². The Bertz CT molecular complexity index is 366. The Kier molecular flexibility index (Phi) is 4.26. The summed E-state index contributed by atoms with van der Waals surface area (Å²) in [5.74, 6) is -0.216. The molecular formula is C14H17FO2. The minimum atomic E-state index is -0.275. The van der Waals surface area contributed by atoms with Crippen molar-refractivity contribution in [3.05, 3.63) is 35.6 Å². The van der Waals surface area contributed by atoms with Gasteiger partial charge in [0.25, 0.3) is 0 Å². The Hall–Kier alpha value is -1.22. The van der Waals surface area contributed by atoms with Crippen LogP contribution in [0.1, 0.15) is 31.2 Å². The summed E-state index contributed by atoms with van der Waals surface area (Å²) in [6, 6.07) is 6.03. The predicted octanol–water partition coefficient (Wildman–Crippen LogP) is 2.90. The van der Waals surface area contributed by atoms with E-state index in [1.807, 2.05) is 0 Å². The molecule has 1 aromatic rings. The molecule has 1 fully saturated rings. The van der Waals surface area contributed by atoms with E-state index in [0.717, 1.165) is 18.4 Å². The molecule has 0 unspecified atom stereocenters. The quantitative estimate of drug-likeness (QED) is 0.785. The number of ketones is 1. The molecule has 0 aliphatic heterocycles. The summed E-state index contributed by atoms with van der Waals surface area (Å²) in [7, 11) is 0. The minimum absolute atomic E-state index is 0.0588. The van der Waals surface area contributed by atoms with E-state index < -0.39 is 0 Å². The molecule has 3 heteroatoms. The van der Waals surface area contributed by atoms with Gasteiger partial charge in [-0.3, -0.25) is 4.79 Å². The van der Waals surface area contributed by atoms with Crippen LogP contribution < -0.4 is 0 Å². The number of hydrogen-bond acceptors (Lipinski definition) is 2. The summed E-state index contributed by atoms with van der Waals surface area (Å²) in [5.41, 5.74) is 0.839. The number of rotatable bonds is 5. The third-order valence-corrected chi connectivity index (χ3v) is 3.10. The van der Waals surface area contributed by atoms with Crippen molar-refractivity contribution in [3.8, 4) is 0 Å². The zero-order valence-corrected chi connectivity index (χ0v) is 9.82. The first-order chi connectivity index (χ1) is 8.24. The van der Waals surface area contributed by atoms with Crippen molar-refractivity contribution in [1.82, 2.24) is 0 Å². The van der Waals surface area contributed by atoms with E-state index in [2.05, 4.69) is 0 Å². The maximum Gasteiger partial charge on any atom is 0.162 e. The highest BCUT2D eigenvalue weighted by atomic mass is 19.1. The monoisotopic (exact) mass is 236 g/mol. The average Bonchev–Trinajstić information content (AvgIpc) is 2.83. The number of benzene rings is 1. The van der Waals surface area contributed by atoms with Crippen LogP contribution in [0.2, 0.25) is 0 Å². The van der Waals surface area contributed by atoms with Crippen LogP contribution in [0.15, 0.2) is 24.3 Å². The van der Waals surface area contributed by atoms with E-state index >= 15 is 0 Å². The van der Waals surface area contributed by atoms with Crippen molar-refractivity contribution in [2.45, 2.75) is 38.2 Å². The Balaban J connectivity index is 1.74. The van der Waals surface area contributed by atoms with Gasteiger partial charge in [0.1, 0.15) is 12.4 Å². The summed E-state index contributed by atoms with van der Waals surface area (Å²) in [6.07, 6.45) is 5.15. The molecule has 0 spiro atoms. The largest absolute Gasteiger partial charge is 0.370 e. The fourth-order valence-electron chi connectivity index (χ4n) is 2.15. The van der Waals surface area contributed by atoms with Gasteiger partial charge in [-0.1, -0.05) is 25.0 Å². The Morgan fingerprint density at radius 2 is 1.88 bits per heavy atom. The summed E-state index contributed by atoms with van der Waals surface area (Å²) in [6.45, 7) is 0.183. The molecule has 2 nitrogen and oxygen atoms in total. The van der Waals surface area contributed by atoms with Crippen molar-refractivity contribution in [3.63, 3.8) is 0 Å². The topological polar surface area (TPSA) is 26.3 Å². The van der Waals surface area contributed by atoms with E-state index in [-0.39, 0.29) is 24.3 Å². The van der Waals surface area contributed by atoms with Crippen LogP contribution in [0, 0.1) is 5.82 Å². The lowest BCUT2D eigenvalue weighted by Gasteiger charge is -2.09. The van der Waals surface area contributed by atoms with Crippen molar-refractivity contribution in [2.75, 3.05) is 6.61 Å². The van der Waals surface area contributed by atoms with Gasteiger partial charge >= 0.3 is 0 Å². The van der Waals surface area contributed by atoms with Gasteiger partial charge < -0.3 is 4.74 Å². The van der Waals surface area contributed by atoms with Crippen LogP contribution in [0.5, 0.6) is 0 Å². The molecule has 2 rings (SSSR count). The van der Waals surface area contributed by atoms with E-state index in [4.69, 9.17) is 4.74 Å². The van der Waals surface area contributed by atoms with Gasteiger partial charge in [0.2, 0.25) is 0 Å². The molecular weight excluding hydrogens is 219 g/mol. The lowest BCUT2D eigenvalue weighted by Crippen LogP contribution is -2.17. The molecule has 17 heavy (non-hydrogen) atoms. The normalized spacial score (nSPS) is 16.3. The zero-order valence-electron chi connectivity index (χ0n) is 9.82. The number of ether oxygens (including phenoxy) is 1. The fraction of sp³-hybridized carbons (Fsp3) is 0.500. The molecule has 1 saturated carbocycles. The highest BCUT2D eigenvalue weighted by Crippen LogP contribution is 2.20. The fourth-order valence-corrected chi connectivity index (χ4v) is 2.15. The number of halogens is 1. The molecule has 0 atom stereocenters. The summed E-state index contributed by atoms with van der Waals surface area (Å²) < 4.78 is 18.2. The lowest BCUT2D eigenvalue weighted by atomic mass is 10.1. The maximum absolute atomic E-state index is 12.7. The van der Waals surface area contributed by atoms with Crippen LogP contribution >= 0.6 is 0 Å². The minimum Gasteiger partial charge on any atom is -0.370 e. The van der Waals surface area contributed by atoms with Crippen molar-refractivity contribution in [1.29, 1.82) is 0 Å². The van der Waals surface area contributed by atoms with Gasteiger partial charge in [-0.15, -0.1) is 0 Å². The van der Waals surface area contributed by atoms with Crippen LogP contribution in [-0.4, -0.2) is 18.5 Å². The number of hydrogen-bond donors (Lipinski definition) is 0. The highest BCUT2D eigenvalue weighted by molar-refractivity contribution is 5.82. The molecule has 0 aromatic heterocycles. The standard InChI is InChI=1S/C14H17FO2/c15-12-7-5-11(6-8-12)9-13(16)10-17-14-3-1-2-4-14/h5-8,14H,1-4,9-10H2. The Morgan fingerprint density at radius 3 is 2.53 bits per heavy atom. The molecule has 1 aliphatic rings. The highest BCUT2D eigenvalue weighted by Gasteiger charge is 2.16. The van der Waals surface area contributed by atoms with Crippen molar-refractivity contribution < 1.29 is 13.9 Å². The average molecular weight is 236 g/mol. The van der Waals surface area contributed by atoms with E-state index in [0.29, 0.717) is 6.42 Å². The Morgan fingerprint density at radius 1 is 1.24 bits per heavy atom. The van der Waals surface area contributed by atoms with Gasteiger partial charge in [-0.05, 0) is 30.5 Å². The van der Waals surface area contributed by atoms with Gasteiger partial charge in [0.05, 0.1) is 6.10 Å². The number of carbonyl (C=O) groups is 1. The third-order valence-electron chi connectivity index (χ3n) is 3.10. The van der Waals surface area contributed by atoms with E-state index in [1.54, 1.807) is 12.1 Å². The van der Waals surface area contributed by atoms with Crippen molar-refractivity contribution in [2.24, 2.45) is 0 Å². The lowest BCUT2D eigenvalue weighted by molar-refractivity contribution is -0.124. The molecule has 0 radical (unpaired) electrons. The second-order valence-corrected chi connectivity index (χ2v) is 4.56. The number of Topliss-reactive ketones (excluding diaryl/α,β-unsaturated/α-hetero) is 1. The van der Waals surface area contributed by atoms with Crippen LogP contribution in [0.25, 0.3) is 0 Å². The molecule has 92 valence electrons. The summed E-state index contributed by atoms with van der Waals surface area (Å²) in [5, 5.41) is 0. The maximum atomic E-state index is 12.7. The van der Waals surface area contributed by atoms with E-state index in [9.17, 15) is 9.18 Å². The first-order valence-corrected chi connectivity index (χ1v) is 6.12. The van der Waals surface area contributed by atoms with Crippen LogP contribution in [0.4, 0.5) is 4.39 Å². The molecule has 0 bridgehead atoms. The predicted molar refractivity (Wildman–Crippen MR) is 63.3 cm³/mol.